The number of fused-ring (bicyclic) bond motifs is 1. The Bertz CT molecular complexity index is 634. The van der Waals surface area contributed by atoms with Gasteiger partial charge < -0.3 is 0 Å². The van der Waals surface area contributed by atoms with Crippen molar-refractivity contribution < 1.29 is 0 Å². The topological polar surface area (TPSA) is 12.4 Å². The molecule has 0 N–H and O–H groups in total. The van der Waals surface area contributed by atoms with Crippen LogP contribution in [0.4, 0.5) is 5.69 Å². The van der Waals surface area contributed by atoms with Crippen molar-refractivity contribution >= 4 is 23.6 Å². The van der Waals surface area contributed by atoms with Crippen LogP contribution in [0.1, 0.15) is 11.1 Å². The summed E-state index contributed by atoms with van der Waals surface area (Å²) in [6.07, 6.45) is 8.18. The first-order valence-corrected chi connectivity index (χ1v) is 6.00. The van der Waals surface area contributed by atoms with Crippen molar-refractivity contribution in [3.63, 3.8) is 0 Å². The van der Waals surface area contributed by atoms with Crippen molar-refractivity contribution in [3.05, 3.63) is 77.9 Å². The second kappa shape index (κ2) is 4.84. The van der Waals surface area contributed by atoms with Crippen molar-refractivity contribution in [3.8, 4) is 0 Å². The molecule has 0 radical (unpaired) electrons. The molecule has 0 atom stereocenters. The molecule has 0 amide bonds. The van der Waals surface area contributed by atoms with E-state index in [1.165, 1.54) is 11.1 Å². The minimum atomic E-state index is 1.05. The standard InChI is InChI=1S/C17H13N/c1-2-7-14(8-3-1)9-6-10-15-13-18-17-12-5-4-11-16(15)17/h1-13H. The Morgan fingerprint density at radius 1 is 0.833 bits per heavy atom. The van der Waals surface area contributed by atoms with Gasteiger partial charge >= 0.3 is 0 Å². The summed E-state index contributed by atoms with van der Waals surface area (Å²) in [6, 6.07) is 18.5. The number of para-hydroxylation sites is 1. The third-order valence-corrected chi connectivity index (χ3v) is 2.92. The fraction of sp³-hybridized carbons (Fsp3) is 0. The number of nitrogens with zero attached hydrogens (tertiary/aromatic N) is 1. The van der Waals surface area contributed by atoms with Crippen LogP contribution >= 0.6 is 0 Å². The van der Waals surface area contributed by atoms with Crippen molar-refractivity contribution in [1.29, 1.82) is 0 Å². The molecule has 0 fully saturated rings. The van der Waals surface area contributed by atoms with E-state index in [-0.39, 0.29) is 0 Å². The summed E-state index contributed by atoms with van der Waals surface area (Å²) in [6.45, 7) is 0. The minimum absolute atomic E-state index is 1.05. The maximum absolute atomic E-state index is 4.38. The fourth-order valence-electron chi connectivity index (χ4n) is 2.00. The maximum Gasteiger partial charge on any atom is 0.0708 e. The summed E-state index contributed by atoms with van der Waals surface area (Å²) < 4.78 is 0. The van der Waals surface area contributed by atoms with E-state index in [1.807, 2.05) is 42.6 Å². The summed E-state index contributed by atoms with van der Waals surface area (Å²) in [5.41, 5.74) is 4.63. The predicted molar refractivity (Wildman–Crippen MR) is 78.0 cm³/mol. The minimum Gasteiger partial charge on any atom is -0.256 e. The molecule has 1 aliphatic rings. The van der Waals surface area contributed by atoms with Crippen LogP contribution in [0.5, 0.6) is 0 Å². The number of benzene rings is 2. The van der Waals surface area contributed by atoms with Crippen LogP contribution in [0.15, 0.2) is 71.7 Å². The van der Waals surface area contributed by atoms with E-state index in [2.05, 4.69) is 41.4 Å². The van der Waals surface area contributed by atoms with Gasteiger partial charge in [-0.05, 0) is 11.6 Å². The number of hydrogen-bond donors (Lipinski definition) is 0. The number of hydrogen-bond acceptors (Lipinski definition) is 1. The van der Waals surface area contributed by atoms with E-state index >= 15 is 0 Å². The zero-order valence-corrected chi connectivity index (χ0v) is 9.95. The first-order chi connectivity index (χ1) is 8.93. The molecule has 1 aliphatic heterocycles. The Balaban J connectivity index is 1.84. The average Bonchev–Trinajstić information content (AvgIpc) is 2.84. The van der Waals surface area contributed by atoms with Gasteiger partial charge in [-0.25, -0.2) is 0 Å². The second-order valence-corrected chi connectivity index (χ2v) is 4.17. The van der Waals surface area contributed by atoms with Crippen LogP contribution in [0.25, 0.3) is 11.6 Å². The number of rotatable bonds is 2. The molecular weight excluding hydrogens is 218 g/mol. The van der Waals surface area contributed by atoms with E-state index in [0.717, 1.165) is 11.3 Å². The molecule has 0 aliphatic carbocycles. The van der Waals surface area contributed by atoms with Crippen LogP contribution in [0.2, 0.25) is 0 Å². The molecule has 2 aromatic carbocycles. The molecule has 1 heteroatoms. The van der Waals surface area contributed by atoms with Gasteiger partial charge in [0.05, 0.1) is 5.69 Å². The SMILES string of the molecule is C(=Cc1ccccc1)C=C1C=Nc2ccccc21. The highest BCUT2D eigenvalue weighted by Crippen LogP contribution is 2.30. The quantitative estimate of drug-likeness (QED) is 0.721. The van der Waals surface area contributed by atoms with Crippen molar-refractivity contribution in [1.82, 2.24) is 0 Å². The lowest BCUT2D eigenvalue weighted by atomic mass is 10.1. The van der Waals surface area contributed by atoms with Crippen LogP contribution in [-0.4, -0.2) is 6.21 Å². The third kappa shape index (κ3) is 2.16. The molecule has 1 nitrogen and oxygen atoms in total. The number of aliphatic imine (C=N–C) groups is 1. The van der Waals surface area contributed by atoms with Gasteiger partial charge in [0.25, 0.3) is 0 Å². The molecule has 0 spiro atoms. The molecule has 0 unspecified atom stereocenters. The molecule has 86 valence electrons. The molecular formula is C17H13N. The fourth-order valence-corrected chi connectivity index (χ4v) is 2.00. The lowest BCUT2D eigenvalue weighted by Crippen LogP contribution is -1.77. The third-order valence-electron chi connectivity index (χ3n) is 2.92. The maximum atomic E-state index is 4.38. The lowest BCUT2D eigenvalue weighted by molar-refractivity contribution is 1.55. The summed E-state index contributed by atoms with van der Waals surface area (Å²) >= 11 is 0. The monoisotopic (exact) mass is 231 g/mol. The largest absolute Gasteiger partial charge is 0.256 e. The summed E-state index contributed by atoms with van der Waals surface area (Å²) in [5, 5.41) is 0. The Morgan fingerprint density at radius 3 is 2.50 bits per heavy atom. The van der Waals surface area contributed by atoms with Gasteiger partial charge in [-0.1, -0.05) is 66.8 Å². The van der Waals surface area contributed by atoms with E-state index in [9.17, 15) is 0 Å². The van der Waals surface area contributed by atoms with Gasteiger partial charge in [-0.3, -0.25) is 4.99 Å². The first kappa shape index (κ1) is 10.7. The Kier molecular flexibility index (Phi) is 2.89. The molecule has 0 aromatic heterocycles. The van der Waals surface area contributed by atoms with E-state index in [0.29, 0.717) is 0 Å². The zero-order valence-electron chi connectivity index (χ0n) is 9.95. The van der Waals surface area contributed by atoms with Crippen LogP contribution < -0.4 is 0 Å². The summed E-state index contributed by atoms with van der Waals surface area (Å²) in [7, 11) is 0. The van der Waals surface area contributed by atoms with Gasteiger partial charge in [0.1, 0.15) is 0 Å². The average molecular weight is 231 g/mol. The van der Waals surface area contributed by atoms with E-state index < -0.39 is 0 Å². The number of allylic oxidation sites excluding steroid dienone is 3. The molecule has 2 aromatic rings. The summed E-state index contributed by atoms with van der Waals surface area (Å²) in [5.74, 6) is 0. The summed E-state index contributed by atoms with van der Waals surface area (Å²) in [4.78, 5) is 4.38. The highest BCUT2D eigenvalue weighted by atomic mass is 14.7. The van der Waals surface area contributed by atoms with Gasteiger partial charge in [0.2, 0.25) is 0 Å². The highest BCUT2D eigenvalue weighted by molar-refractivity contribution is 6.16. The van der Waals surface area contributed by atoms with Crippen molar-refractivity contribution in [2.24, 2.45) is 4.99 Å². The first-order valence-electron chi connectivity index (χ1n) is 6.00. The smallest absolute Gasteiger partial charge is 0.0708 e. The van der Waals surface area contributed by atoms with Gasteiger partial charge in [0, 0.05) is 17.4 Å². The molecule has 3 rings (SSSR count). The van der Waals surface area contributed by atoms with E-state index in [1.54, 1.807) is 0 Å². The molecule has 0 saturated carbocycles. The predicted octanol–water partition coefficient (Wildman–Crippen LogP) is 4.50. The molecule has 0 bridgehead atoms. The zero-order chi connectivity index (χ0) is 12.2. The van der Waals surface area contributed by atoms with Gasteiger partial charge in [-0.15, -0.1) is 0 Å². The van der Waals surface area contributed by atoms with Crippen LogP contribution in [0.3, 0.4) is 0 Å². The van der Waals surface area contributed by atoms with Crippen molar-refractivity contribution in [2.75, 3.05) is 0 Å². The lowest BCUT2D eigenvalue weighted by Gasteiger charge is -1.96. The Morgan fingerprint density at radius 2 is 1.61 bits per heavy atom. The Hall–Kier alpha value is -2.41. The van der Waals surface area contributed by atoms with Crippen LogP contribution in [-0.2, 0) is 0 Å². The molecule has 1 heterocycles. The van der Waals surface area contributed by atoms with Crippen molar-refractivity contribution in [2.45, 2.75) is 0 Å². The molecule has 18 heavy (non-hydrogen) atoms. The van der Waals surface area contributed by atoms with E-state index in [4.69, 9.17) is 0 Å². The molecule has 0 saturated heterocycles. The van der Waals surface area contributed by atoms with Crippen LogP contribution in [0, 0.1) is 0 Å². The Labute approximate surface area is 107 Å². The van der Waals surface area contributed by atoms with Gasteiger partial charge in [-0.2, -0.15) is 0 Å². The van der Waals surface area contributed by atoms with Gasteiger partial charge in [0.15, 0.2) is 0 Å². The normalized spacial score (nSPS) is 15.4. The highest BCUT2D eigenvalue weighted by Gasteiger charge is 2.08. The second-order valence-electron chi connectivity index (χ2n) is 4.17.